The molecule has 0 aromatic heterocycles. The molecule has 5 heteroatoms. The highest BCUT2D eigenvalue weighted by atomic mass is 16.3. The van der Waals surface area contributed by atoms with Crippen molar-refractivity contribution in [2.75, 3.05) is 6.61 Å². The van der Waals surface area contributed by atoms with Crippen LogP contribution in [0.3, 0.4) is 0 Å². The zero-order valence-corrected chi connectivity index (χ0v) is 43.0. The molecule has 4 N–H and O–H groups in total. The van der Waals surface area contributed by atoms with E-state index in [1.54, 1.807) is 0 Å². The van der Waals surface area contributed by atoms with Crippen LogP contribution in [-0.4, -0.2) is 46.1 Å². The highest BCUT2D eigenvalue weighted by molar-refractivity contribution is 5.76. The minimum Gasteiger partial charge on any atom is -0.394 e. The van der Waals surface area contributed by atoms with Gasteiger partial charge in [-0.05, 0) is 38.5 Å². The molecule has 0 heterocycles. The number of allylic oxidation sites excluding steroid dienone is 2. The molecule has 3 unspecified atom stereocenters. The molecule has 0 spiro atoms. The van der Waals surface area contributed by atoms with Gasteiger partial charge in [-0.25, -0.2) is 0 Å². The summed E-state index contributed by atoms with van der Waals surface area (Å²) in [7, 11) is 0. The molecule has 0 aromatic rings. The van der Waals surface area contributed by atoms with E-state index in [1.165, 1.54) is 263 Å². The molecule has 0 saturated carbocycles. The largest absolute Gasteiger partial charge is 0.394 e. The summed E-state index contributed by atoms with van der Waals surface area (Å²) in [5, 5.41) is 33.7. The van der Waals surface area contributed by atoms with Crippen LogP contribution in [0.5, 0.6) is 0 Å². The van der Waals surface area contributed by atoms with Crippen molar-refractivity contribution in [2.24, 2.45) is 0 Å². The number of aliphatic hydroxyl groups excluding tert-OH is 3. The van der Waals surface area contributed by atoms with Crippen molar-refractivity contribution < 1.29 is 20.1 Å². The molecule has 0 rings (SSSR count). The summed E-state index contributed by atoms with van der Waals surface area (Å²) in [6.07, 6.45) is 66.7. The summed E-state index contributed by atoms with van der Waals surface area (Å²) in [4.78, 5) is 12.5. The van der Waals surface area contributed by atoms with Crippen molar-refractivity contribution in [3.63, 3.8) is 0 Å². The Labute approximate surface area is 395 Å². The van der Waals surface area contributed by atoms with E-state index >= 15 is 0 Å². The number of carbonyl (C=O) groups is 1. The Bertz CT molecular complexity index is 894. The van der Waals surface area contributed by atoms with Gasteiger partial charge in [0, 0.05) is 6.42 Å². The second kappa shape index (κ2) is 53.7. The summed E-state index contributed by atoms with van der Waals surface area (Å²) in [6.45, 7) is 4.21. The van der Waals surface area contributed by atoms with Crippen LogP contribution in [-0.2, 0) is 4.79 Å². The number of carbonyl (C=O) groups excluding carboxylic acids is 1. The summed E-state index contributed by atoms with van der Waals surface area (Å²) in [5.41, 5.74) is 0. The van der Waals surface area contributed by atoms with E-state index in [2.05, 4.69) is 31.3 Å². The molecule has 0 aliphatic carbocycles. The Morgan fingerprint density at radius 2 is 0.635 bits per heavy atom. The highest BCUT2D eigenvalue weighted by Gasteiger charge is 2.26. The lowest BCUT2D eigenvalue weighted by Gasteiger charge is -2.26. The lowest BCUT2D eigenvalue weighted by Crippen LogP contribution is -2.50. The number of amides is 1. The molecule has 0 fully saturated rings. The Morgan fingerprint density at radius 1 is 0.381 bits per heavy atom. The van der Waals surface area contributed by atoms with Crippen molar-refractivity contribution >= 4 is 5.91 Å². The fraction of sp³-hybridized carbons (Fsp3) is 0.948. The van der Waals surface area contributed by atoms with Crippen molar-refractivity contribution in [3.8, 4) is 0 Å². The predicted molar refractivity (Wildman–Crippen MR) is 278 cm³/mol. The van der Waals surface area contributed by atoms with Crippen molar-refractivity contribution in [3.05, 3.63) is 12.2 Å². The fourth-order valence-corrected chi connectivity index (χ4v) is 9.40. The Kier molecular flexibility index (Phi) is 52.9. The van der Waals surface area contributed by atoms with Crippen LogP contribution in [0.2, 0.25) is 0 Å². The van der Waals surface area contributed by atoms with Crippen LogP contribution < -0.4 is 5.32 Å². The predicted octanol–water partition coefficient (Wildman–Crippen LogP) is 17.9. The van der Waals surface area contributed by atoms with E-state index in [0.29, 0.717) is 12.8 Å². The van der Waals surface area contributed by atoms with E-state index < -0.39 is 18.2 Å². The number of hydrogen-bond acceptors (Lipinski definition) is 4. The maximum absolute atomic E-state index is 12.5. The third kappa shape index (κ3) is 48.8. The smallest absolute Gasteiger partial charge is 0.220 e. The topological polar surface area (TPSA) is 89.8 Å². The number of hydrogen-bond donors (Lipinski definition) is 4. The highest BCUT2D eigenvalue weighted by Crippen LogP contribution is 2.18. The summed E-state index contributed by atoms with van der Waals surface area (Å²) in [5.74, 6) is -0.146. The maximum atomic E-state index is 12.5. The second-order valence-corrected chi connectivity index (χ2v) is 20.2. The van der Waals surface area contributed by atoms with Gasteiger partial charge in [-0.15, -0.1) is 0 Å². The Balaban J connectivity index is 3.50. The summed E-state index contributed by atoms with van der Waals surface area (Å²) < 4.78 is 0. The van der Waals surface area contributed by atoms with E-state index in [-0.39, 0.29) is 12.5 Å². The van der Waals surface area contributed by atoms with Gasteiger partial charge in [-0.3, -0.25) is 4.79 Å². The number of nitrogens with one attached hydrogen (secondary N) is 1. The van der Waals surface area contributed by atoms with Crippen LogP contribution >= 0.6 is 0 Å². The molecule has 0 saturated heterocycles. The molecule has 0 radical (unpaired) electrons. The zero-order chi connectivity index (χ0) is 45.8. The molecule has 0 aromatic carbocycles. The van der Waals surface area contributed by atoms with Crippen molar-refractivity contribution in [1.29, 1.82) is 0 Å². The van der Waals surface area contributed by atoms with Crippen LogP contribution in [0.1, 0.15) is 328 Å². The quantitative estimate of drug-likeness (QED) is 0.0362. The van der Waals surface area contributed by atoms with Crippen molar-refractivity contribution in [2.45, 2.75) is 347 Å². The third-order valence-electron chi connectivity index (χ3n) is 13.9. The zero-order valence-electron chi connectivity index (χ0n) is 43.0. The van der Waals surface area contributed by atoms with Gasteiger partial charge in [-0.1, -0.05) is 296 Å². The van der Waals surface area contributed by atoms with E-state index in [9.17, 15) is 20.1 Å². The van der Waals surface area contributed by atoms with Crippen molar-refractivity contribution in [1.82, 2.24) is 5.32 Å². The molecule has 1 amide bonds. The van der Waals surface area contributed by atoms with Gasteiger partial charge in [-0.2, -0.15) is 0 Å². The SMILES string of the molecule is CCCCCCCCCCCCCCCC/C=C/CCCC(O)C(O)C(CO)NC(=O)CCCCCCCCCCCCCCCCCCCCCCCCCCCCCCCC. The molecular weight excluding hydrogens is 775 g/mol. The van der Waals surface area contributed by atoms with E-state index in [1.807, 2.05) is 0 Å². The molecule has 5 nitrogen and oxygen atoms in total. The number of aliphatic hydroxyl groups is 3. The molecule has 3 atom stereocenters. The third-order valence-corrected chi connectivity index (χ3v) is 13.9. The normalized spacial score (nSPS) is 13.3. The molecular formula is C58H115NO4. The van der Waals surface area contributed by atoms with Gasteiger partial charge in [0.15, 0.2) is 0 Å². The fourth-order valence-electron chi connectivity index (χ4n) is 9.40. The molecule has 0 aliphatic rings. The summed E-state index contributed by atoms with van der Waals surface area (Å²) >= 11 is 0. The Morgan fingerprint density at radius 3 is 0.921 bits per heavy atom. The second-order valence-electron chi connectivity index (χ2n) is 20.2. The first-order valence-electron chi connectivity index (χ1n) is 29.0. The first-order valence-corrected chi connectivity index (χ1v) is 29.0. The summed E-state index contributed by atoms with van der Waals surface area (Å²) in [6, 6.07) is -0.822. The van der Waals surface area contributed by atoms with Crippen LogP contribution in [0.25, 0.3) is 0 Å². The van der Waals surface area contributed by atoms with E-state index in [4.69, 9.17) is 0 Å². The minimum atomic E-state index is -1.16. The molecule has 0 aliphatic heterocycles. The first-order chi connectivity index (χ1) is 31.1. The van der Waals surface area contributed by atoms with Gasteiger partial charge in [0.1, 0.15) is 6.10 Å². The van der Waals surface area contributed by atoms with Gasteiger partial charge in [0.05, 0.1) is 18.8 Å². The Hall–Kier alpha value is -0.910. The lowest BCUT2D eigenvalue weighted by atomic mass is 10.0. The van der Waals surface area contributed by atoms with Gasteiger partial charge in [0.2, 0.25) is 5.91 Å². The minimum absolute atomic E-state index is 0.146. The molecule has 376 valence electrons. The van der Waals surface area contributed by atoms with E-state index in [0.717, 1.165) is 38.5 Å². The number of unbranched alkanes of at least 4 members (excludes halogenated alkanes) is 44. The monoisotopic (exact) mass is 890 g/mol. The van der Waals surface area contributed by atoms with Gasteiger partial charge in [0.25, 0.3) is 0 Å². The standard InChI is InChI=1S/C58H115NO4/c1-3-5-7-9-11-13-15-17-19-21-23-24-25-26-27-28-29-30-31-32-33-35-37-39-41-43-45-47-49-51-53-57(62)59-55(54-60)58(63)56(61)52-50-48-46-44-42-40-38-36-34-22-20-18-16-14-12-10-8-6-4-2/h44,46,55-56,58,60-61,63H,3-43,45,47-54H2,1-2H3,(H,59,62)/b46-44+. The van der Waals surface area contributed by atoms with Gasteiger partial charge >= 0.3 is 0 Å². The average molecular weight is 891 g/mol. The van der Waals surface area contributed by atoms with Crippen LogP contribution in [0.15, 0.2) is 12.2 Å². The molecule has 63 heavy (non-hydrogen) atoms. The lowest BCUT2D eigenvalue weighted by molar-refractivity contribution is -0.124. The maximum Gasteiger partial charge on any atom is 0.220 e. The van der Waals surface area contributed by atoms with Crippen LogP contribution in [0.4, 0.5) is 0 Å². The van der Waals surface area contributed by atoms with Crippen LogP contribution in [0, 0.1) is 0 Å². The average Bonchev–Trinajstić information content (AvgIpc) is 3.29. The first kappa shape index (κ1) is 62.1. The molecule has 0 bridgehead atoms. The number of rotatable bonds is 54. The van der Waals surface area contributed by atoms with Gasteiger partial charge < -0.3 is 20.6 Å².